The third-order valence-corrected chi connectivity index (χ3v) is 6.61. The molecule has 0 saturated carbocycles. The fourth-order valence-electron chi connectivity index (χ4n) is 2.82. The highest BCUT2D eigenvalue weighted by molar-refractivity contribution is 9.10. The van der Waals surface area contributed by atoms with E-state index in [1.165, 1.54) is 4.70 Å². The van der Waals surface area contributed by atoms with Gasteiger partial charge < -0.3 is 4.90 Å². The van der Waals surface area contributed by atoms with Gasteiger partial charge in [0, 0.05) is 10.0 Å². The number of nitrogens with zero attached hydrogens (tertiary/aromatic N) is 5. The standard InChI is InChI=1S/C17H12BrN5S2/c18-12-5-3-4-11(8-12)15-20-21-17-23(15)9-22(10-24-17)16-19-13-6-1-2-7-14(13)25-16/h1-8H,9-10H2. The Morgan fingerprint density at radius 1 is 1.04 bits per heavy atom. The highest BCUT2D eigenvalue weighted by Crippen LogP contribution is 2.35. The summed E-state index contributed by atoms with van der Waals surface area (Å²) in [5.41, 5.74) is 2.11. The van der Waals surface area contributed by atoms with Crippen molar-refractivity contribution in [3.05, 3.63) is 53.0 Å². The van der Waals surface area contributed by atoms with Gasteiger partial charge in [-0.1, -0.05) is 63.3 Å². The number of halogens is 1. The molecule has 0 aliphatic carbocycles. The predicted octanol–water partition coefficient (Wildman–Crippen LogP) is 4.84. The van der Waals surface area contributed by atoms with Crippen LogP contribution in [0.25, 0.3) is 21.6 Å². The second kappa shape index (κ2) is 6.12. The van der Waals surface area contributed by atoms with Crippen LogP contribution in [0.1, 0.15) is 0 Å². The third kappa shape index (κ3) is 2.74. The van der Waals surface area contributed by atoms with Crippen molar-refractivity contribution >= 4 is 54.4 Å². The Morgan fingerprint density at radius 2 is 1.96 bits per heavy atom. The van der Waals surface area contributed by atoms with E-state index in [0.717, 1.165) is 37.5 Å². The number of anilines is 1. The van der Waals surface area contributed by atoms with Crippen molar-refractivity contribution in [1.29, 1.82) is 0 Å². The van der Waals surface area contributed by atoms with Crippen LogP contribution in [0.3, 0.4) is 0 Å². The Balaban J connectivity index is 1.52. The molecule has 124 valence electrons. The summed E-state index contributed by atoms with van der Waals surface area (Å²) in [5.74, 6) is 1.71. The summed E-state index contributed by atoms with van der Waals surface area (Å²) < 4.78 is 4.40. The van der Waals surface area contributed by atoms with Crippen molar-refractivity contribution in [2.24, 2.45) is 0 Å². The van der Waals surface area contributed by atoms with Crippen LogP contribution in [-0.4, -0.2) is 25.6 Å². The number of benzene rings is 2. The molecule has 0 unspecified atom stereocenters. The molecule has 0 amide bonds. The summed E-state index contributed by atoms with van der Waals surface area (Å²) >= 11 is 6.95. The number of para-hydroxylation sites is 1. The molecule has 8 heteroatoms. The number of hydrogen-bond acceptors (Lipinski definition) is 6. The van der Waals surface area contributed by atoms with E-state index in [1.54, 1.807) is 23.1 Å². The van der Waals surface area contributed by atoms with E-state index in [4.69, 9.17) is 4.98 Å². The van der Waals surface area contributed by atoms with Gasteiger partial charge in [0.2, 0.25) is 0 Å². The average Bonchev–Trinajstić information content (AvgIpc) is 3.25. The molecule has 0 N–H and O–H groups in total. The maximum Gasteiger partial charge on any atom is 0.194 e. The monoisotopic (exact) mass is 429 g/mol. The lowest BCUT2D eigenvalue weighted by Gasteiger charge is -2.27. The number of rotatable bonds is 2. The summed E-state index contributed by atoms with van der Waals surface area (Å²) in [4.78, 5) is 7.05. The molecule has 0 bridgehead atoms. The van der Waals surface area contributed by atoms with Gasteiger partial charge in [0.25, 0.3) is 0 Å². The molecular formula is C17H12BrN5S2. The largest absolute Gasteiger partial charge is 0.320 e. The Kier molecular flexibility index (Phi) is 3.76. The lowest BCUT2D eigenvalue weighted by Crippen LogP contribution is -2.30. The first-order chi connectivity index (χ1) is 12.3. The predicted molar refractivity (Wildman–Crippen MR) is 106 cm³/mol. The zero-order chi connectivity index (χ0) is 16.8. The average molecular weight is 430 g/mol. The zero-order valence-electron chi connectivity index (χ0n) is 13.0. The van der Waals surface area contributed by atoms with Crippen LogP contribution in [0.5, 0.6) is 0 Å². The molecule has 1 aliphatic rings. The molecular weight excluding hydrogens is 418 g/mol. The molecule has 0 spiro atoms. The van der Waals surface area contributed by atoms with E-state index in [2.05, 4.69) is 65.9 Å². The molecule has 2 aromatic heterocycles. The Morgan fingerprint density at radius 3 is 2.84 bits per heavy atom. The second-order valence-electron chi connectivity index (χ2n) is 5.66. The van der Waals surface area contributed by atoms with Crippen molar-refractivity contribution < 1.29 is 0 Å². The Labute approximate surface area is 160 Å². The van der Waals surface area contributed by atoms with Crippen molar-refractivity contribution in [2.45, 2.75) is 11.8 Å². The van der Waals surface area contributed by atoms with Crippen molar-refractivity contribution in [3.8, 4) is 11.4 Å². The molecule has 3 heterocycles. The van der Waals surface area contributed by atoms with Crippen molar-refractivity contribution in [3.63, 3.8) is 0 Å². The van der Waals surface area contributed by atoms with Gasteiger partial charge >= 0.3 is 0 Å². The highest BCUT2D eigenvalue weighted by atomic mass is 79.9. The summed E-state index contributed by atoms with van der Waals surface area (Å²) in [7, 11) is 0. The molecule has 5 rings (SSSR count). The van der Waals surface area contributed by atoms with E-state index in [0.29, 0.717) is 6.67 Å². The molecule has 0 saturated heterocycles. The molecule has 1 aliphatic heterocycles. The van der Waals surface area contributed by atoms with Crippen LogP contribution in [0.15, 0.2) is 58.2 Å². The van der Waals surface area contributed by atoms with Gasteiger partial charge in [-0.2, -0.15) is 0 Å². The fourth-order valence-corrected chi connectivity index (χ4v) is 5.13. The van der Waals surface area contributed by atoms with Gasteiger partial charge in [0.15, 0.2) is 16.1 Å². The van der Waals surface area contributed by atoms with Crippen molar-refractivity contribution in [2.75, 3.05) is 10.8 Å². The molecule has 25 heavy (non-hydrogen) atoms. The third-order valence-electron chi connectivity index (χ3n) is 4.01. The van der Waals surface area contributed by atoms with E-state index in [9.17, 15) is 0 Å². The maximum atomic E-state index is 4.78. The first-order valence-corrected chi connectivity index (χ1v) is 10.3. The maximum absolute atomic E-state index is 4.78. The highest BCUT2D eigenvalue weighted by Gasteiger charge is 2.24. The number of hydrogen-bond donors (Lipinski definition) is 0. The normalized spacial score (nSPS) is 14.0. The van der Waals surface area contributed by atoms with Gasteiger partial charge in [-0.15, -0.1) is 10.2 Å². The quantitative estimate of drug-likeness (QED) is 0.455. The Hall–Kier alpha value is -1.90. The summed E-state index contributed by atoms with van der Waals surface area (Å²) in [5, 5.41) is 10.7. The number of fused-ring (bicyclic) bond motifs is 2. The van der Waals surface area contributed by atoms with Gasteiger partial charge in [0.05, 0.1) is 16.1 Å². The minimum Gasteiger partial charge on any atom is -0.320 e. The minimum absolute atomic E-state index is 0.705. The SMILES string of the molecule is Brc1cccc(-c2nnc3n2CN(c2nc4ccccc4s2)CS3)c1. The number of thioether (sulfide) groups is 1. The van der Waals surface area contributed by atoms with Gasteiger partial charge in [-0.05, 0) is 24.3 Å². The molecule has 0 fully saturated rings. The van der Waals surface area contributed by atoms with E-state index < -0.39 is 0 Å². The van der Waals surface area contributed by atoms with Crippen LogP contribution in [-0.2, 0) is 6.67 Å². The smallest absolute Gasteiger partial charge is 0.194 e. The summed E-state index contributed by atoms with van der Waals surface area (Å²) in [6, 6.07) is 16.4. The van der Waals surface area contributed by atoms with Gasteiger partial charge in [-0.25, -0.2) is 4.98 Å². The molecule has 5 nitrogen and oxygen atoms in total. The van der Waals surface area contributed by atoms with Gasteiger partial charge in [-0.3, -0.25) is 4.57 Å². The number of thiazole rings is 1. The lowest BCUT2D eigenvalue weighted by molar-refractivity contribution is 0.607. The molecule has 0 radical (unpaired) electrons. The fraction of sp³-hybridized carbons (Fsp3) is 0.118. The first kappa shape index (κ1) is 15.4. The molecule has 2 aromatic carbocycles. The lowest BCUT2D eigenvalue weighted by atomic mass is 10.2. The van der Waals surface area contributed by atoms with Crippen LogP contribution in [0.4, 0.5) is 5.13 Å². The second-order valence-corrected chi connectivity index (χ2v) is 8.50. The van der Waals surface area contributed by atoms with E-state index in [-0.39, 0.29) is 0 Å². The zero-order valence-corrected chi connectivity index (χ0v) is 16.2. The Bertz CT molecular complexity index is 1040. The minimum atomic E-state index is 0.705. The molecule has 4 aromatic rings. The van der Waals surface area contributed by atoms with E-state index in [1.807, 2.05) is 18.2 Å². The van der Waals surface area contributed by atoms with Gasteiger partial charge in [0.1, 0.15) is 6.67 Å². The van der Waals surface area contributed by atoms with Crippen LogP contribution in [0, 0.1) is 0 Å². The number of aromatic nitrogens is 4. The molecule has 0 atom stereocenters. The van der Waals surface area contributed by atoms with Crippen LogP contribution in [0.2, 0.25) is 0 Å². The van der Waals surface area contributed by atoms with E-state index >= 15 is 0 Å². The van der Waals surface area contributed by atoms with Crippen LogP contribution < -0.4 is 4.90 Å². The summed E-state index contributed by atoms with van der Waals surface area (Å²) in [6.07, 6.45) is 0. The van der Waals surface area contributed by atoms with Crippen molar-refractivity contribution in [1.82, 2.24) is 19.7 Å². The first-order valence-electron chi connectivity index (χ1n) is 7.70. The van der Waals surface area contributed by atoms with Crippen LogP contribution >= 0.6 is 39.0 Å². The topological polar surface area (TPSA) is 46.8 Å². The summed E-state index contributed by atoms with van der Waals surface area (Å²) in [6.45, 7) is 0.705.